The molecular formula is C9H14N2O2S. The minimum absolute atomic E-state index is 0.587. The van der Waals surface area contributed by atoms with Gasteiger partial charge in [-0.1, -0.05) is 0 Å². The Balaban J connectivity index is 2.98. The Morgan fingerprint density at radius 3 is 2.36 bits per heavy atom. The minimum Gasteiger partial charge on any atom is -0.388 e. The molecule has 0 saturated heterocycles. The van der Waals surface area contributed by atoms with E-state index in [2.05, 4.69) is 10.0 Å². The second-order valence-corrected chi connectivity index (χ2v) is 4.90. The van der Waals surface area contributed by atoms with Gasteiger partial charge >= 0.3 is 0 Å². The van der Waals surface area contributed by atoms with Crippen molar-refractivity contribution in [2.75, 3.05) is 23.3 Å². The van der Waals surface area contributed by atoms with Crippen LogP contribution in [0.3, 0.4) is 0 Å². The van der Waals surface area contributed by atoms with Crippen molar-refractivity contribution in [2.24, 2.45) is 0 Å². The fourth-order valence-electron chi connectivity index (χ4n) is 1.22. The molecule has 78 valence electrons. The average Bonchev–Trinajstić information content (AvgIpc) is 2.01. The Morgan fingerprint density at radius 2 is 1.93 bits per heavy atom. The normalized spacial score (nSPS) is 11.1. The molecule has 2 N–H and O–H groups in total. The van der Waals surface area contributed by atoms with E-state index >= 15 is 0 Å². The molecule has 0 atom stereocenters. The molecule has 0 fully saturated rings. The highest BCUT2D eigenvalue weighted by atomic mass is 32.2. The van der Waals surface area contributed by atoms with Crippen LogP contribution in [-0.2, 0) is 10.0 Å². The van der Waals surface area contributed by atoms with Crippen molar-refractivity contribution in [1.29, 1.82) is 0 Å². The zero-order chi connectivity index (χ0) is 10.8. The topological polar surface area (TPSA) is 58.2 Å². The molecule has 0 amide bonds. The standard InChI is InChI=1S/C9H14N2O2S/c1-7-6-8(11-14(3,12)13)4-5-9(7)10-2/h4-6,10-11H,1-3H3. The van der Waals surface area contributed by atoms with Crippen molar-refractivity contribution in [3.05, 3.63) is 23.8 Å². The molecule has 0 unspecified atom stereocenters. The highest BCUT2D eigenvalue weighted by molar-refractivity contribution is 7.92. The predicted molar refractivity (Wildman–Crippen MR) is 59.2 cm³/mol. The van der Waals surface area contributed by atoms with Gasteiger partial charge in [0.15, 0.2) is 0 Å². The van der Waals surface area contributed by atoms with Gasteiger partial charge in [0.2, 0.25) is 10.0 Å². The molecule has 0 bridgehead atoms. The molecule has 0 radical (unpaired) electrons. The predicted octanol–water partition coefficient (Wildman–Crippen LogP) is 1.41. The lowest BCUT2D eigenvalue weighted by Crippen LogP contribution is -2.09. The zero-order valence-corrected chi connectivity index (χ0v) is 9.27. The van der Waals surface area contributed by atoms with Crippen LogP contribution in [0.2, 0.25) is 0 Å². The van der Waals surface area contributed by atoms with Gasteiger partial charge < -0.3 is 5.32 Å². The number of anilines is 2. The zero-order valence-electron chi connectivity index (χ0n) is 8.46. The van der Waals surface area contributed by atoms with E-state index in [9.17, 15) is 8.42 Å². The van der Waals surface area contributed by atoms with Crippen molar-refractivity contribution >= 4 is 21.4 Å². The summed E-state index contributed by atoms with van der Waals surface area (Å²) in [5.41, 5.74) is 2.58. The van der Waals surface area contributed by atoms with E-state index in [1.54, 1.807) is 12.1 Å². The van der Waals surface area contributed by atoms with Gasteiger partial charge in [0.1, 0.15) is 0 Å². The molecule has 4 nitrogen and oxygen atoms in total. The maximum Gasteiger partial charge on any atom is 0.229 e. The molecule has 1 rings (SSSR count). The number of hydrogen-bond donors (Lipinski definition) is 2. The summed E-state index contributed by atoms with van der Waals surface area (Å²) in [6.45, 7) is 1.92. The monoisotopic (exact) mass is 214 g/mol. The van der Waals surface area contributed by atoms with Crippen molar-refractivity contribution in [3.8, 4) is 0 Å². The smallest absolute Gasteiger partial charge is 0.229 e. The van der Waals surface area contributed by atoms with Crippen LogP contribution in [0, 0.1) is 6.92 Å². The van der Waals surface area contributed by atoms with Gasteiger partial charge in [0.25, 0.3) is 0 Å². The first-order chi connectivity index (χ1) is 6.42. The molecule has 1 aromatic carbocycles. The average molecular weight is 214 g/mol. The summed E-state index contributed by atoms with van der Waals surface area (Å²) >= 11 is 0. The molecule has 0 heterocycles. The van der Waals surface area contributed by atoms with E-state index in [4.69, 9.17) is 0 Å². The van der Waals surface area contributed by atoms with Crippen LogP contribution in [0.4, 0.5) is 11.4 Å². The van der Waals surface area contributed by atoms with E-state index in [-0.39, 0.29) is 0 Å². The van der Waals surface area contributed by atoms with Crippen LogP contribution >= 0.6 is 0 Å². The van der Waals surface area contributed by atoms with Gasteiger partial charge in [-0.3, -0.25) is 4.72 Å². The SMILES string of the molecule is CNc1ccc(NS(C)(=O)=O)cc1C. The van der Waals surface area contributed by atoms with E-state index in [0.29, 0.717) is 5.69 Å². The van der Waals surface area contributed by atoms with Crippen LogP contribution in [0.25, 0.3) is 0 Å². The van der Waals surface area contributed by atoms with Crippen LogP contribution in [0.5, 0.6) is 0 Å². The minimum atomic E-state index is -3.18. The Bertz CT molecular complexity index is 426. The van der Waals surface area contributed by atoms with E-state index < -0.39 is 10.0 Å². The summed E-state index contributed by atoms with van der Waals surface area (Å²) in [5, 5.41) is 3.01. The highest BCUT2D eigenvalue weighted by Gasteiger charge is 2.03. The quantitative estimate of drug-likeness (QED) is 0.799. The van der Waals surface area contributed by atoms with Crippen molar-refractivity contribution in [3.63, 3.8) is 0 Å². The molecule has 0 aliphatic heterocycles. The molecule has 5 heteroatoms. The molecule has 1 aromatic rings. The van der Waals surface area contributed by atoms with Crippen LogP contribution in [0.1, 0.15) is 5.56 Å². The first kappa shape index (κ1) is 10.8. The van der Waals surface area contributed by atoms with Crippen LogP contribution in [0.15, 0.2) is 18.2 Å². The number of hydrogen-bond acceptors (Lipinski definition) is 3. The van der Waals surface area contributed by atoms with Gasteiger partial charge in [-0.25, -0.2) is 8.42 Å². The lowest BCUT2D eigenvalue weighted by molar-refractivity contribution is 0.607. The maximum atomic E-state index is 10.9. The van der Waals surface area contributed by atoms with E-state index in [1.807, 2.05) is 20.0 Å². The molecule has 0 saturated carbocycles. The van der Waals surface area contributed by atoms with Crippen molar-refractivity contribution < 1.29 is 8.42 Å². The molecule has 0 aromatic heterocycles. The van der Waals surface area contributed by atoms with Gasteiger partial charge in [-0.05, 0) is 30.7 Å². The first-order valence-corrected chi connectivity index (χ1v) is 6.08. The molecule has 0 spiro atoms. The summed E-state index contributed by atoms with van der Waals surface area (Å²) in [5.74, 6) is 0. The largest absolute Gasteiger partial charge is 0.388 e. The number of rotatable bonds is 3. The van der Waals surface area contributed by atoms with Gasteiger partial charge in [0, 0.05) is 18.4 Å². The van der Waals surface area contributed by atoms with Crippen LogP contribution < -0.4 is 10.0 Å². The summed E-state index contributed by atoms with van der Waals surface area (Å²) in [6, 6.07) is 5.34. The Labute approximate surface area is 84.4 Å². The van der Waals surface area contributed by atoms with Gasteiger partial charge in [-0.2, -0.15) is 0 Å². The lowest BCUT2D eigenvalue weighted by Gasteiger charge is -2.08. The Morgan fingerprint density at radius 1 is 1.29 bits per heavy atom. The van der Waals surface area contributed by atoms with Crippen molar-refractivity contribution in [2.45, 2.75) is 6.92 Å². The maximum absolute atomic E-state index is 10.9. The number of sulfonamides is 1. The summed E-state index contributed by atoms with van der Waals surface area (Å²) in [7, 11) is -1.36. The fourth-order valence-corrected chi connectivity index (χ4v) is 1.78. The summed E-state index contributed by atoms with van der Waals surface area (Å²) in [6.07, 6.45) is 1.13. The summed E-state index contributed by atoms with van der Waals surface area (Å²) in [4.78, 5) is 0. The molecule has 14 heavy (non-hydrogen) atoms. The van der Waals surface area contributed by atoms with E-state index in [1.165, 1.54) is 0 Å². The lowest BCUT2D eigenvalue weighted by atomic mass is 10.2. The van der Waals surface area contributed by atoms with Gasteiger partial charge in [-0.15, -0.1) is 0 Å². The molecular weight excluding hydrogens is 200 g/mol. The van der Waals surface area contributed by atoms with Crippen LogP contribution in [-0.4, -0.2) is 21.7 Å². The second kappa shape index (κ2) is 3.88. The Hall–Kier alpha value is -1.23. The van der Waals surface area contributed by atoms with Gasteiger partial charge in [0.05, 0.1) is 6.26 Å². The first-order valence-electron chi connectivity index (χ1n) is 4.18. The molecule has 0 aliphatic rings. The third kappa shape index (κ3) is 2.92. The number of nitrogens with one attached hydrogen (secondary N) is 2. The van der Waals surface area contributed by atoms with E-state index in [0.717, 1.165) is 17.5 Å². The molecule has 0 aliphatic carbocycles. The fraction of sp³-hybridized carbons (Fsp3) is 0.333. The third-order valence-corrected chi connectivity index (χ3v) is 2.41. The third-order valence-electron chi connectivity index (χ3n) is 1.80. The summed E-state index contributed by atoms with van der Waals surface area (Å²) < 4.78 is 24.3. The highest BCUT2D eigenvalue weighted by Crippen LogP contribution is 2.19. The van der Waals surface area contributed by atoms with Crippen molar-refractivity contribution in [1.82, 2.24) is 0 Å². The Kier molecular flexibility index (Phi) is 3.00. The number of benzene rings is 1. The number of aryl methyl sites for hydroxylation is 1. The second-order valence-electron chi connectivity index (χ2n) is 3.15.